The monoisotopic (exact) mass is 417 g/mol. The van der Waals surface area contributed by atoms with Gasteiger partial charge in [-0.2, -0.15) is 0 Å². The molecule has 1 unspecified atom stereocenters. The van der Waals surface area contributed by atoms with Crippen LogP contribution in [0.15, 0.2) is 42.5 Å². The molecule has 2 rings (SSSR count). The van der Waals surface area contributed by atoms with Gasteiger partial charge in [0, 0.05) is 0 Å². The summed E-state index contributed by atoms with van der Waals surface area (Å²) in [7, 11) is 0. The van der Waals surface area contributed by atoms with Crippen LogP contribution in [-0.4, -0.2) is 47.0 Å². The first-order valence-corrected chi connectivity index (χ1v) is 11.3. The Morgan fingerprint density at radius 1 is 1.23 bits per heavy atom. The molecule has 1 heterocycles. The van der Waals surface area contributed by atoms with E-state index in [0.717, 1.165) is 31.2 Å². The molecule has 1 fully saturated rings. The number of nitrogens with zero attached hydrogens (tertiary/aromatic N) is 1. The van der Waals surface area contributed by atoms with E-state index in [0.29, 0.717) is 13.0 Å². The molecule has 1 aromatic rings. The highest BCUT2D eigenvalue weighted by Crippen LogP contribution is 2.30. The van der Waals surface area contributed by atoms with Crippen LogP contribution >= 0.6 is 0 Å². The number of ether oxygens (including phenoxy) is 2. The Labute approximate surface area is 182 Å². The predicted molar refractivity (Wildman–Crippen MR) is 120 cm³/mol. The summed E-state index contributed by atoms with van der Waals surface area (Å²) in [5.41, 5.74) is 0.597. The maximum Gasteiger partial charge on any atom is 0.410 e. The number of hydrogen-bond acceptors (Lipinski definition) is 4. The van der Waals surface area contributed by atoms with E-state index in [-0.39, 0.29) is 30.9 Å². The summed E-state index contributed by atoms with van der Waals surface area (Å²) in [6.45, 7) is 8.10. The second kappa shape index (κ2) is 12.1. The minimum absolute atomic E-state index is 0.0197. The minimum atomic E-state index is -0.562. The number of amides is 1. The topological polar surface area (TPSA) is 59.0 Å². The fourth-order valence-electron chi connectivity index (χ4n) is 3.73. The third kappa shape index (κ3) is 8.11. The standard InChI is InChI=1S/C25H39NO4/c1-5-6-7-8-9-13-16-23(20-14-11-10-12-15-20)29-22-17-21(19-27)26(18-22)24(28)30-25(2,3)4/h7-8,10-12,14-15,21-23,27H,5-6,9,13,16-19H2,1-4H3/t21-,22+,23?/m1/s1. The summed E-state index contributed by atoms with van der Waals surface area (Å²) in [6.07, 6.45) is 9.93. The Morgan fingerprint density at radius 3 is 2.57 bits per heavy atom. The molecule has 0 spiro atoms. The molecule has 1 amide bonds. The second-order valence-electron chi connectivity index (χ2n) is 9.05. The van der Waals surface area contributed by atoms with Crippen LogP contribution < -0.4 is 0 Å². The molecular formula is C25H39NO4. The van der Waals surface area contributed by atoms with Gasteiger partial charge in [0.1, 0.15) is 5.60 Å². The number of likely N-dealkylation sites (tertiary alicyclic amines) is 1. The van der Waals surface area contributed by atoms with E-state index < -0.39 is 5.60 Å². The number of carbonyl (C=O) groups excluding carboxylic acids is 1. The number of benzene rings is 1. The van der Waals surface area contributed by atoms with Gasteiger partial charge >= 0.3 is 6.09 Å². The zero-order valence-corrected chi connectivity index (χ0v) is 19.0. The molecule has 0 bridgehead atoms. The molecule has 3 atom stereocenters. The number of aliphatic hydroxyl groups is 1. The Hall–Kier alpha value is -1.85. The van der Waals surface area contributed by atoms with E-state index in [2.05, 4.69) is 31.2 Å². The summed E-state index contributed by atoms with van der Waals surface area (Å²) in [5, 5.41) is 9.78. The molecular weight excluding hydrogens is 378 g/mol. The quantitative estimate of drug-likeness (QED) is 0.395. The van der Waals surface area contributed by atoms with Crippen molar-refractivity contribution in [2.24, 2.45) is 0 Å². The van der Waals surface area contributed by atoms with Crippen LogP contribution in [-0.2, 0) is 9.47 Å². The van der Waals surface area contributed by atoms with Crippen LogP contribution in [0.4, 0.5) is 4.79 Å². The highest BCUT2D eigenvalue weighted by Gasteiger charge is 2.38. The van der Waals surface area contributed by atoms with Crippen molar-refractivity contribution in [3.63, 3.8) is 0 Å². The van der Waals surface area contributed by atoms with Crippen LogP contribution in [0.5, 0.6) is 0 Å². The number of allylic oxidation sites excluding steroid dienone is 2. The molecule has 5 nitrogen and oxygen atoms in total. The molecule has 1 saturated heterocycles. The Bertz CT molecular complexity index is 653. The van der Waals surface area contributed by atoms with Gasteiger partial charge in [-0.15, -0.1) is 0 Å². The van der Waals surface area contributed by atoms with E-state index in [1.54, 1.807) is 4.90 Å². The lowest BCUT2D eigenvalue weighted by Crippen LogP contribution is -2.41. The normalized spacial score (nSPS) is 20.6. The Balaban J connectivity index is 1.99. The first kappa shape index (κ1) is 24.4. The molecule has 1 aliphatic heterocycles. The summed E-state index contributed by atoms with van der Waals surface area (Å²) in [4.78, 5) is 14.2. The number of unbranched alkanes of at least 4 members (excludes halogenated alkanes) is 2. The summed E-state index contributed by atoms with van der Waals surface area (Å²) >= 11 is 0. The lowest BCUT2D eigenvalue weighted by molar-refractivity contribution is -0.0167. The summed E-state index contributed by atoms with van der Waals surface area (Å²) < 4.78 is 12.0. The maximum atomic E-state index is 12.6. The van der Waals surface area contributed by atoms with Gasteiger partial charge < -0.3 is 19.5 Å². The van der Waals surface area contributed by atoms with Gasteiger partial charge in [0.25, 0.3) is 0 Å². The molecule has 0 saturated carbocycles. The number of carbonyl (C=O) groups is 1. The van der Waals surface area contributed by atoms with Crippen molar-refractivity contribution in [2.45, 2.75) is 90.1 Å². The van der Waals surface area contributed by atoms with Gasteiger partial charge in [0.15, 0.2) is 0 Å². The van der Waals surface area contributed by atoms with E-state index in [1.807, 2.05) is 39.0 Å². The van der Waals surface area contributed by atoms with Crippen molar-refractivity contribution in [1.29, 1.82) is 0 Å². The second-order valence-corrected chi connectivity index (χ2v) is 9.05. The maximum absolute atomic E-state index is 12.6. The van der Waals surface area contributed by atoms with Gasteiger partial charge in [0.2, 0.25) is 0 Å². The molecule has 0 aromatic heterocycles. The molecule has 1 aliphatic rings. The average molecular weight is 418 g/mol. The number of aliphatic hydroxyl groups excluding tert-OH is 1. The van der Waals surface area contributed by atoms with E-state index in [9.17, 15) is 9.90 Å². The highest BCUT2D eigenvalue weighted by molar-refractivity contribution is 5.69. The molecule has 0 aliphatic carbocycles. The van der Waals surface area contributed by atoms with Crippen LogP contribution in [0, 0.1) is 0 Å². The molecule has 30 heavy (non-hydrogen) atoms. The van der Waals surface area contributed by atoms with Crippen molar-refractivity contribution in [1.82, 2.24) is 4.90 Å². The van der Waals surface area contributed by atoms with Crippen LogP contribution in [0.25, 0.3) is 0 Å². The van der Waals surface area contributed by atoms with Crippen molar-refractivity contribution >= 4 is 6.09 Å². The SMILES string of the molecule is CCCC=CCCCC(O[C@H]1C[C@H](CO)N(C(=O)OC(C)(C)C)C1)c1ccccc1. The first-order chi connectivity index (χ1) is 14.3. The van der Waals surface area contributed by atoms with Crippen LogP contribution in [0.3, 0.4) is 0 Å². The van der Waals surface area contributed by atoms with Crippen LogP contribution in [0.1, 0.15) is 77.9 Å². The highest BCUT2D eigenvalue weighted by atomic mass is 16.6. The lowest BCUT2D eigenvalue weighted by atomic mass is 10.0. The fraction of sp³-hybridized carbons (Fsp3) is 0.640. The van der Waals surface area contributed by atoms with Gasteiger partial charge in [-0.25, -0.2) is 4.79 Å². The molecule has 0 radical (unpaired) electrons. The average Bonchev–Trinajstić information content (AvgIpc) is 3.12. The van der Waals surface area contributed by atoms with E-state index >= 15 is 0 Å². The summed E-state index contributed by atoms with van der Waals surface area (Å²) in [5.74, 6) is 0. The predicted octanol–water partition coefficient (Wildman–Crippen LogP) is 5.64. The summed E-state index contributed by atoms with van der Waals surface area (Å²) in [6, 6.07) is 10.0. The van der Waals surface area contributed by atoms with Crippen molar-refractivity contribution in [3.8, 4) is 0 Å². The molecule has 168 valence electrons. The number of rotatable bonds is 10. The third-order valence-corrected chi connectivity index (χ3v) is 5.20. The number of hydrogen-bond donors (Lipinski definition) is 1. The Kier molecular flexibility index (Phi) is 9.86. The van der Waals surface area contributed by atoms with Crippen molar-refractivity contribution < 1.29 is 19.4 Å². The largest absolute Gasteiger partial charge is 0.444 e. The fourth-order valence-corrected chi connectivity index (χ4v) is 3.73. The van der Waals surface area contributed by atoms with Crippen molar-refractivity contribution in [3.05, 3.63) is 48.0 Å². The zero-order chi connectivity index (χ0) is 22.0. The van der Waals surface area contributed by atoms with Crippen LogP contribution in [0.2, 0.25) is 0 Å². The Morgan fingerprint density at radius 2 is 1.93 bits per heavy atom. The zero-order valence-electron chi connectivity index (χ0n) is 19.0. The molecule has 1 N–H and O–H groups in total. The van der Waals surface area contributed by atoms with E-state index in [1.165, 1.54) is 6.42 Å². The van der Waals surface area contributed by atoms with Gasteiger partial charge in [-0.05, 0) is 58.4 Å². The van der Waals surface area contributed by atoms with Crippen molar-refractivity contribution in [2.75, 3.05) is 13.2 Å². The first-order valence-electron chi connectivity index (χ1n) is 11.3. The molecule has 5 heteroatoms. The minimum Gasteiger partial charge on any atom is -0.444 e. The smallest absolute Gasteiger partial charge is 0.410 e. The van der Waals surface area contributed by atoms with Gasteiger partial charge in [0.05, 0.1) is 31.4 Å². The third-order valence-electron chi connectivity index (χ3n) is 5.20. The molecule has 1 aromatic carbocycles. The van der Waals surface area contributed by atoms with Gasteiger partial charge in [-0.3, -0.25) is 0 Å². The van der Waals surface area contributed by atoms with Gasteiger partial charge in [-0.1, -0.05) is 55.8 Å². The lowest BCUT2D eigenvalue weighted by Gasteiger charge is -2.27. The van der Waals surface area contributed by atoms with E-state index in [4.69, 9.17) is 9.47 Å².